The topological polar surface area (TPSA) is 46.9 Å². The van der Waals surface area contributed by atoms with E-state index in [0.717, 1.165) is 6.07 Å². The molecule has 0 aliphatic heterocycles. The Bertz CT molecular complexity index is 647. The number of hydrogen-bond donors (Lipinski definition) is 1. The maximum absolute atomic E-state index is 12.8. The zero-order chi connectivity index (χ0) is 14.9. The van der Waals surface area contributed by atoms with E-state index in [4.69, 9.17) is 0 Å². The highest BCUT2D eigenvalue weighted by Crippen LogP contribution is 2.34. The van der Waals surface area contributed by atoms with Crippen molar-refractivity contribution in [2.45, 2.75) is 13.1 Å². The van der Waals surface area contributed by atoms with E-state index in [1.807, 2.05) is 0 Å². The molecular weight excluding hydrogens is 271 g/mol. The van der Waals surface area contributed by atoms with E-state index in [1.54, 1.807) is 14.0 Å². The largest absolute Gasteiger partial charge is 0.418 e. The molecule has 4 nitrogen and oxygen atoms in total. The van der Waals surface area contributed by atoms with Gasteiger partial charge >= 0.3 is 6.18 Å². The minimum absolute atomic E-state index is 0.240. The number of hydrogen-bond acceptors (Lipinski definition) is 2. The lowest BCUT2D eigenvalue weighted by Gasteiger charge is -2.13. The van der Waals surface area contributed by atoms with Crippen molar-refractivity contribution in [3.63, 3.8) is 0 Å². The Labute approximate surface area is 113 Å². The Balaban J connectivity index is 2.31. The number of anilines is 1. The van der Waals surface area contributed by atoms with Gasteiger partial charge in [0.25, 0.3) is 5.91 Å². The molecule has 0 aliphatic carbocycles. The molecule has 0 atom stereocenters. The third-order valence-electron chi connectivity index (χ3n) is 2.74. The Morgan fingerprint density at radius 3 is 2.50 bits per heavy atom. The molecule has 106 valence electrons. The molecule has 2 aromatic rings. The van der Waals surface area contributed by atoms with Crippen molar-refractivity contribution in [3.8, 4) is 0 Å². The number of aryl methyl sites for hydroxylation is 2. The van der Waals surface area contributed by atoms with Gasteiger partial charge in [0.2, 0.25) is 0 Å². The summed E-state index contributed by atoms with van der Waals surface area (Å²) in [6.45, 7) is 1.62. The van der Waals surface area contributed by atoms with Crippen molar-refractivity contribution in [2.24, 2.45) is 7.05 Å². The number of nitrogens with one attached hydrogen (secondary N) is 1. The lowest BCUT2D eigenvalue weighted by molar-refractivity contribution is -0.136. The van der Waals surface area contributed by atoms with Crippen LogP contribution in [0.15, 0.2) is 30.5 Å². The molecule has 2 rings (SSSR count). The molecule has 0 saturated carbocycles. The average molecular weight is 283 g/mol. The smallest absolute Gasteiger partial charge is 0.321 e. The zero-order valence-electron chi connectivity index (χ0n) is 10.8. The molecule has 1 N–H and O–H groups in total. The molecule has 0 spiro atoms. The van der Waals surface area contributed by atoms with Gasteiger partial charge in [0.1, 0.15) is 0 Å². The third kappa shape index (κ3) is 2.81. The van der Waals surface area contributed by atoms with Gasteiger partial charge < -0.3 is 5.32 Å². The summed E-state index contributed by atoms with van der Waals surface area (Å²) in [5, 5.41) is 6.25. The summed E-state index contributed by atoms with van der Waals surface area (Å²) in [7, 11) is 1.63. The first-order chi connectivity index (χ1) is 9.29. The lowest BCUT2D eigenvalue weighted by atomic mass is 10.1. The monoisotopic (exact) mass is 283 g/mol. The van der Waals surface area contributed by atoms with Crippen LogP contribution in [0.3, 0.4) is 0 Å². The number of carbonyl (C=O) groups excluding carboxylic acids is 1. The standard InChI is InChI=1S/C13H12F3N3O/c1-8-9(7-19(2)18-8)12(20)17-11-6-4-3-5-10(11)13(14,15)16/h3-7H,1-2H3,(H,17,20). The van der Waals surface area contributed by atoms with Gasteiger partial charge in [-0.3, -0.25) is 9.48 Å². The highest BCUT2D eigenvalue weighted by Gasteiger charge is 2.33. The molecule has 1 aromatic heterocycles. The number of benzene rings is 1. The Morgan fingerprint density at radius 1 is 1.30 bits per heavy atom. The quantitative estimate of drug-likeness (QED) is 0.921. The number of para-hydroxylation sites is 1. The fraction of sp³-hybridized carbons (Fsp3) is 0.231. The molecule has 0 aliphatic rings. The first-order valence-electron chi connectivity index (χ1n) is 5.77. The van der Waals surface area contributed by atoms with Crippen molar-refractivity contribution < 1.29 is 18.0 Å². The molecule has 1 amide bonds. The highest BCUT2D eigenvalue weighted by atomic mass is 19.4. The lowest BCUT2D eigenvalue weighted by Crippen LogP contribution is -2.16. The Kier molecular flexibility index (Phi) is 3.52. The average Bonchev–Trinajstić information content (AvgIpc) is 2.68. The summed E-state index contributed by atoms with van der Waals surface area (Å²) in [4.78, 5) is 12.0. The molecule has 7 heteroatoms. The van der Waals surface area contributed by atoms with Crippen molar-refractivity contribution in [2.75, 3.05) is 5.32 Å². The van der Waals surface area contributed by atoms with Crippen LogP contribution in [0.5, 0.6) is 0 Å². The van der Waals surface area contributed by atoms with Gasteiger partial charge in [0.05, 0.1) is 22.5 Å². The molecular formula is C13H12F3N3O. The van der Waals surface area contributed by atoms with E-state index >= 15 is 0 Å². The summed E-state index contributed by atoms with van der Waals surface area (Å²) in [5.74, 6) is -0.618. The highest BCUT2D eigenvalue weighted by molar-refractivity contribution is 6.05. The fourth-order valence-corrected chi connectivity index (χ4v) is 1.85. The molecule has 0 bridgehead atoms. The maximum atomic E-state index is 12.8. The SMILES string of the molecule is Cc1nn(C)cc1C(=O)Nc1ccccc1C(F)(F)F. The number of carbonyl (C=O) groups is 1. The molecule has 1 heterocycles. The number of halogens is 3. The Morgan fingerprint density at radius 2 is 1.95 bits per heavy atom. The molecule has 0 saturated heterocycles. The van der Waals surface area contributed by atoms with Gasteiger partial charge in [0.15, 0.2) is 0 Å². The van der Waals surface area contributed by atoms with E-state index in [2.05, 4.69) is 10.4 Å². The van der Waals surface area contributed by atoms with Crippen molar-refractivity contribution in [1.29, 1.82) is 0 Å². The van der Waals surface area contributed by atoms with Crippen LogP contribution in [-0.2, 0) is 13.2 Å². The van der Waals surface area contributed by atoms with Crippen LogP contribution in [-0.4, -0.2) is 15.7 Å². The van der Waals surface area contributed by atoms with E-state index in [1.165, 1.54) is 29.1 Å². The third-order valence-corrected chi connectivity index (χ3v) is 2.74. The van der Waals surface area contributed by atoms with Gasteiger partial charge in [-0.25, -0.2) is 0 Å². The fourth-order valence-electron chi connectivity index (χ4n) is 1.85. The predicted octanol–water partition coefficient (Wildman–Crippen LogP) is 3.00. The van der Waals surface area contributed by atoms with Gasteiger partial charge in [-0.2, -0.15) is 18.3 Å². The number of nitrogens with zero attached hydrogens (tertiary/aromatic N) is 2. The van der Waals surface area contributed by atoms with Crippen LogP contribution in [0.2, 0.25) is 0 Å². The van der Waals surface area contributed by atoms with E-state index in [0.29, 0.717) is 5.69 Å². The van der Waals surface area contributed by atoms with E-state index < -0.39 is 17.6 Å². The van der Waals surface area contributed by atoms with Crippen molar-refractivity contribution >= 4 is 11.6 Å². The van der Waals surface area contributed by atoms with Gasteiger partial charge in [0, 0.05) is 13.2 Å². The van der Waals surface area contributed by atoms with E-state index in [-0.39, 0.29) is 11.3 Å². The second-order valence-corrected chi connectivity index (χ2v) is 4.30. The van der Waals surface area contributed by atoms with Gasteiger partial charge in [-0.05, 0) is 19.1 Å². The Hall–Kier alpha value is -2.31. The molecule has 1 aromatic carbocycles. The van der Waals surface area contributed by atoms with Crippen LogP contribution in [0.1, 0.15) is 21.6 Å². The van der Waals surface area contributed by atoms with E-state index in [9.17, 15) is 18.0 Å². The summed E-state index contributed by atoms with van der Waals surface area (Å²) >= 11 is 0. The summed E-state index contributed by atoms with van der Waals surface area (Å²) < 4.78 is 39.9. The molecule has 20 heavy (non-hydrogen) atoms. The van der Waals surface area contributed by atoms with Crippen LogP contribution in [0.25, 0.3) is 0 Å². The number of aromatic nitrogens is 2. The molecule has 0 radical (unpaired) electrons. The summed E-state index contributed by atoms with van der Waals surface area (Å²) in [6, 6.07) is 4.84. The first-order valence-corrected chi connectivity index (χ1v) is 5.77. The molecule has 0 unspecified atom stereocenters. The minimum Gasteiger partial charge on any atom is -0.321 e. The van der Waals surface area contributed by atoms with Crippen LogP contribution < -0.4 is 5.32 Å². The van der Waals surface area contributed by atoms with Crippen LogP contribution >= 0.6 is 0 Å². The zero-order valence-corrected chi connectivity index (χ0v) is 10.8. The van der Waals surface area contributed by atoms with Crippen molar-refractivity contribution in [1.82, 2.24) is 9.78 Å². The summed E-state index contributed by atoms with van der Waals surface area (Å²) in [5.41, 5.74) is -0.456. The van der Waals surface area contributed by atoms with Crippen LogP contribution in [0.4, 0.5) is 18.9 Å². The van der Waals surface area contributed by atoms with Gasteiger partial charge in [-0.15, -0.1) is 0 Å². The van der Waals surface area contributed by atoms with Crippen LogP contribution in [0, 0.1) is 6.92 Å². The van der Waals surface area contributed by atoms with Gasteiger partial charge in [-0.1, -0.05) is 12.1 Å². The second-order valence-electron chi connectivity index (χ2n) is 4.30. The number of rotatable bonds is 2. The molecule has 0 fully saturated rings. The minimum atomic E-state index is -4.52. The summed E-state index contributed by atoms with van der Waals surface area (Å²) in [6.07, 6.45) is -3.06. The number of alkyl halides is 3. The first kappa shape index (κ1) is 14.1. The number of amides is 1. The second kappa shape index (κ2) is 4.99. The predicted molar refractivity (Wildman–Crippen MR) is 67.3 cm³/mol. The van der Waals surface area contributed by atoms with Crippen molar-refractivity contribution in [3.05, 3.63) is 47.3 Å². The normalized spacial score (nSPS) is 11.4. The maximum Gasteiger partial charge on any atom is 0.418 e.